The summed E-state index contributed by atoms with van der Waals surface area (Å²) in [6, 6.07) is 17.4. The summed E-state index contributed by atoms with van der Waals surface area (Å²) < 4.78 is 0. The molecule has 0 fully saturated rings. The largest absolute Gasteiger partial charge is 0.360 e. The van der Waals surface area contributed by atoms with E-state index >= 15 is 0 Å². The minimum atomic E-state index is -0.427. The van der Waals surface area contributed by atoms with Crippen molar-refractivity contribution < 1.29 is 4.79 Å². The molecule has 4 nitrogen and oxygen atoms in total. The van der Waals surface area contributed by atoms with Gasteiger partial charge in [-0.3, -0.25) is 4.79 Å². The maximum Gasteiger partial charge on any atom is 0.267 e. The smallest absolute Gasteiger partial charge is 0.267 e. The zero-order chi connectivity index (χ0) is 18.1. The highest BCUT2D eigenvalue weighted by Gasteiger charge is 2.09. The van der Waals surface area contributed by atoms with E-state index in [2.05, 4.69) is 17.6 Å². The van der Waals surface area contributed by atoms with Crippen LogP contribution in [0.3, 0.4) is 0 Å². The van der Waals surface area contributed by atoms with Gasteiger partial charge in [0.2, 0.25) is 0 Å². The predicted octanol–water partition coefficient (Wildman–Crippen LogP) is 4.80. The first-order valence-corrected chi connectivity index (χ1v) is 8.46. The maximum absolute atomic E-state index is 12.2. The minimum absolute atomic E-state index is 0.0246. The average molecular weight is 333 g/mol. The Labute approximate surface area is 149 Å². The molecule has 1 amide bonds. The standard InChI is InChI=1S/C21H23N3O/c1-3-4-7-17-9-11-19(12-10-17)24-21(25)18(14-22)15-23-20-8-5-6-16(2)13-20/h5-6,8-13,15,23H,3-4,7H2,1-2H3,(H,24,25)/b18-15-. The van der Waals surface area contributed by atoms with Crippen molar-refractivity contribution in [3.63, 3.8) is 0 Å². The van der Waals surface area contributed by atoms with E-state index in [1.807, 2.05) is 61.5 Å². The van der Waals surface area contributed by atoms with Crippen molar-refractivity contribution in [1.82, 2.24) is 0 Å². The molecule has 0 atom stereocenters. The van der Waals surface area contributed by atoms with Gasteiger partial charge in [0.15, 0.2) is 0 Å². The van der Waals surface area contributed by atoms with Crippen molar-refractivity contribution in [2.24, 2.45) is 0 Å². The van der Waals surface area contributed by atoms with Crippen LogP contribution in [0.25, 0.3) is 0 Å². The van der Waals surface area contributed by atoms with Crippen molar-refractivity contribution in [1.29, 1.82) is 5.26 Å². The Morgan fingerprint density at radius 3 is 2.56 bits per heavy atom. The lowest BCUT2D eigenvalue weighted by Gasteiger charge is -2.07. The first-order chi connectivity index (χ1) is 12.1. The SMILES string of the molecule is CCCCc1ccc(NC(=O)/C(C#N)=C\Nc2cccc(C)c2)cc1. The molecule has 0 aliphatic carbocycles. The van der Waals surface area contributed by atoms with E-state index in [1.54, 1.807) is 0 Å². The number of rotatable bonds is 7. The van der Waals surface area contributed by atoms with Gasteiger partial charge in [0.25, 0.3) is 5.91 Å². The number of anilines is 2. The molecule has 0 bridgehead atoms. The van der Waals surface area contributed by atoms with Crippen LogP contribution in [-0.2, 0) is 11.2 Å². The van der Waals surface area contributed by atoms with E-state index in [0.717, 1.165) is 30.5 Å². The van der Waals surface area contributed by atoms with Gasteiger partial charge < -0.3 is 10.6 Å². The van der Waals surface area contributed by atoms with Gasteiger partial charge in [-0.15, -0.1) is 0 Å². The van der Waals surface area contributed by atoms with Gasteiger partial charge in [0.1, 0.15) is 11.6 Å². The fourth-order valence-corrected chi connectivity index (χ4v) is 2.37. The van der Waals surface area contributed by atoms with Gasteiger partial charge in [0, 0.05) is 17.6 Å². The highest BCUT2D eigenvalue weighted by Crippen LogP contribution is 2.14. The number of amides is 1. The Morgan fingerprint density at radius 2 is 1.92 bits per heavy atom. The number of nitrogens with zero attached hydrogens (tertiary/aromatic N) is 1. The van der Waals surface area contributed by atoms with Crippen molar-refractivity contribution in [3.8, 4) is 6.07 Å². The number of benzene rings is 2. The molecule has 0 aromatic heterocycles. The van der Waals surface area contributed by atoms with Crippen LogP contribution in [-0.4, -0.2) is 5.91 Å². The molecule has 0 radical (unpaired) electrons. The summed E-state index contributed by atoms with van der Waals surface area (Å²) in [4.78, 5) is 12.2. The summed E-state index contributed by atoms with van der Waals surface area (Å²) in [6.07, 6.45) is 4.77. The van der Waals surface area contributed by atoms with Crippen molar-refractivity contribution in [3.05, 3.63) is 71.4 Å². The molecular formula is C21H23N3O. The molecule has 25 heavy (non-hydrogen) atoms. The Hall–Kier alpha value is -3.06. The van der Waals surface area contributed by atoms with Crippen LogP contribution in [0, 0.1) is 18.3 Å². The lowest BCUT2D eigenvalue weighted by Crippen LogP contribution is -2.14. The lowest BCUT2D eigenvalue weighted by atomic mass is 10.1. The van der Waals surface area contributed by atoms with Gasteiger partial charge in [-0.25, -0.2) is 0 Å². The van der Waals surface area contributed by atoms with Gasteiger partial charge in [-0.05, 0) is 55.2 Å². The molecule has 2 aromatic carbocycles. The summed E-state index contributed by atoms with van der Waals surface area (Å²) in [7, 11) is 0. The predicted molar refractivity (Wildman–Crippen MR) is 102 cm³/mol. The molecule has 4 heteroatoms. The second-order valence-corrected chi connectivity index (χ2v) is 5.94. The lowest BCUT2D eigenvalue weighted by molar-refractivity contribution is -0.112. The first-order valence-electron chi connectivity index (χ1n) is 8.46. The topological polar surface area (TPSA) is 64.9 Å². The summed E-state index contributed by atoms with van der Waals surface area (Å²) >= 11 is 0. The van der Waals surface area contributed by atoms with E-state index in [0.29, 0.717) is 5.69 Å². The maximum atomic E-state index is 12.2. The second kappa shape index (κ2) is 9.29. The van der Waals surface area contributed by atoms with E-state index in [9.17, 15) is 10.1 Å². The third kappa shape index (κ3) is 5.82. The Bertz CT molecular complexity index is 786. The fourth-order valence-electron chi connectivity index (χ4n) is 2.37. The van der Waals surface area contributed by atoms with Crippen LogP contribution >= 0.6 is 0 Å². The van der Waals surface area contributed by atoms with E-state index in [1.165, 1.54) is 11.8 Å². The number of aryl methyl sites for hydroxylation is 2. The molecule has 2 rings (SSSR count). The highest BCUT2D eigenvalue weighted by molar-refractivity contribution is 6.06. The number of nitriles is 1. The first kappa shape index (κ1) is 18.3. The van der Waals surface area contributed by atoms with Crippen LogP contribution < -0.4 is 10.6 Å². The summed E-state index contributed by atoms with van der Waals surface area (Å²) in [6.45, 7) is 4.14. The minimum Gasteiger partial charge on any atom is -0.360 e. The summed E-state index contributed by atoms with van der Waals surface area (Å²) in [5.74, 6) is -0.427. The quantitative estimate of drug-likeness (QED) is 0.565. The van der Waals surface area contributed by atoms with E-state index in [-0.39, 0.29) is 5.57 Å². The number of hydrogen-bond donors (Lipinski definition) is 2. The molecular weight excluding hydrogens is 310 g/mol. The third-order valence-electron chi connectivity index (χ3n) is 3.80. The molecule has 0 aliphatic rings. The van der Waals surface area contributed by atoms with Gasteiger partial charge in [-0.1, -0.05) is 37.6 Å². The fraction of sp³-hybridized carbons (Fsp3) is 0.238. The number of nitrogens with one attached hydrogen (secondary N) is 2. The molecule has 0 saturated heterocycles. The normalized spacial score (nSPS) is 10.8. The molecule has 0 saturated carbocycles. The van der Waals surface area contributed by atoms with Gasteiger partial charge in [-0.2, -0.15) is 5.26 Å². The van der Waals surface area contributed by atoms with E-state index in [4.69, 9.17) is 0 Å². The van der Waals surface area contributed by atoms with Crippen LogP contribution in [0.1, 0.15) is 30.9 Å². The number of hydrogen-bond acceptors (Lipinski definition) is 3. The molecule has 0 heterocycles. The summed E-state index contributed by atoms with van der Waals surface area (Å²) in [5.41, 5.74) is 3.89. The van der Waals surface area contributed by atoms with Crippen molar-refractivity contribution in [2.75, 3.05) is 10.6 Å². The monoisotopic (exact) mass is 333 g/mol. The van der Waals surface area contributed by atoms with Gasteiger partial charge in [0.05, 0.1) is 0 Å². The van der Waals surface area contributed by atoms with Gasteiger partial charge >= 0.3 is 0 Å². The molecule has 0 unspecified atom stereocenters. The zero-order valence-electron chi connectivity index (χ0n) is 14.7. The van der Waals surface area contributed by atoms with Crippen LogP contribution in [0.4, 0.5) is 11.4 Å². The second-order valence-electron chi connectivity index (χ2n) is 5.94. The Morgan fingerprint density at radius 1 is 1.16 bits per heavy atom. The zero-order valence-corrected chi connectivity index (χ0v) is 14.7. The molecule has 2 N–H and O–H groups in total. The van der Waals surface area contributed by atoms with Crippen molar-refractivity contribution >= 4 is 17.3 Å². The Balaban J connectivity index is 1.99. The average Bonchev–Trinajstić information content (AvgIpc) is 2.62. The molecule has 128 valence electrons. The molecule has 2 aromatic rings. The van der Waals surface area contributed by atoms with Crippen LogP contribution in [0.5, 0.6) is 0 Å². The molecule has 0 aliphatic heterocycles. The van der Waals surface area contributed by atoms with Crippen LogP contribution in [0.15, 0.2) is 60.3 Å². The van der Waals surface area contributed by atoms with Crippen LogP contribution in [0.2, 0.25) is 0 Å². The van der Waals surface area contributed by atoms with E-state index < -0.39 is 5.91 Å². The number of carbonyl (C=O) groups is 1. The van der Waals surface area contributed by atoms with Crippen molar-refractivity contribution in [2.45, 2.75) is 33.1 Å². The number of carbonyl (C=O) groups excluding carboxylic acids is 1. The summed E-state index contributed by atoms with van der Waals surface area (Å²) in [5, 5.41) is 15.0. The Kier molecular flexibility index (Phi) is 6.79. The third-order valence-corrected chi connectivity index (χ3v) is 3.80. The molecule has 0 spiro atoms. The number of unbranched alkanes of at least 4 members (excludes halogenated alkanes) is 1. The highest BCUT2D eigenvalue weighted by atomic mass is 16.1.